The SMILES string of the molecule is Cc1cccc(F)c1N1CCNC(C2CC2)C1. The molecule has 1 aromatic rings. The third-order valence-electron chi connectivity index (χ3n) is 3.90. The number of benzene rings is 1. The van der Waals surface area contributed by atoms with Crippen LogP contribution >= 0.6 is 0 Å². The third-order valence-corrected chi connectivity index (χ3v) is 3.90. The zero-order valence-electron chi connectivity index (χ0n) is 10.2. The Hall–Kier alpha value is -1.09. The van der Waals surface area contributed by atoms with Gasteiger partial charge in [-0.05, 0) is 37.3 Å². The average molecular weight is 234 g/mol. The molecule has 1 saturated heterocycles. The Kier molecular flexibility index (Phi) is 2.79. The van der Waals surface area contributed by atoms with Crippen LogP contribution in [0, 0.1) is 18.7 Å². The number of hydrogen-bond acceptors (Lipinski definition) is 2. The molecule has 92 valence electrons. The summed E-state index contributed by atoms with van der Waals surface area (Å²) in [6.07, 6.45) is 2.67. The van der Waals surface area contributed by atoms with E-state index >= 15 is 0 Å². The lowest BCUT2D eigenvalue weighted by Crippen LogP contribution is -2.52. The molecule has 1 aliphatic heterocycles. The van der Waals surface area contributed by atoms with E-state index in [4.69, 9.17) is 0 Å². The smallest absolute Gasteiger partial charge is 0.146 e. The number of halogens is 1. The van der Waals surface area contributed by atoms with Crippen LogP contribution in [0.3, 0.4) is 0 Å². The van der Waals surface area contributed by atoms with Crippen LogP contribution in [0.2, 0.25) is 0 Å². The fourth-order valence-corrected chi connectivity index (χ4v) is 2.82. The molecule has 1 atom stereocenters. The van der Waals surface area contributed by atoms with Crippen LogP contribution in [-0.2, 0) is 0 Å². The topological polar surface area (TPSA) is 15.3 Å². The summed E-state index contributed by atoms with van der Waals surface area (Å²) in [7, 11) is 0. The number of para-hydroxylation sites is 1. The van der Waals surface area contributed by atoms with Crippen LogP contribution in [-0.4, -0.2) is 25.7 Å². The summed E-state index contributed by atoms with van der Waals surface area (Å²) in [5.74, 6) is 0.742. The Bertz CT molecular complexity index is 394. The summed E-state index contributed by atoms with van der Waals surface area (Å²) >= 11 is 0. The van der Waals surface area contributed by atoms with Crippen molar-refractivity contribution in [3.63, 3.8) is 0 Å². The number of aryl methyl sites for hydroxylation is 1. The number of anilines is 1. The second kappa shape index (κ2) is 4.30. The molecule has 0 radical (unpaired) electrons. The molecule has 2 aliphatic rings. The number of piperazine rings is 1. The van der Waals surface area contributed by atoms with Crippen molar-refractivity contribution >= 4 is 5.69 Å². The molecular weight excluding hydrogens is 215 g/mol. The molecule has 0 spiro atoms. The van der Waals surface area contributed by atoms with Gasteiger partial charge >= 0.3 is 0 Å². The van der Waals surface area contributed by atoms with Crippen LogP contribution in [0.4, 0.5) is 10.1 Å². The summed E-state index contributed by atoms with van der Waals surface area (Å²) < 4.78 is 13.9. The van der Waals surface area contributed by atoms with Gasteiger partial charge in [0.15, 0.2) is 0 Å². The van der Waals surface area contributed by atoms with Gasteiger partial charge in [0.25, 0.3) is 0 Å². The van der Waals surface area contributed by atoms with E-state index < -0.39 is 0 Å². The van der Waals surface area contributed by atoms with E-state index in [0.717, 1.165) is 36.8 Å². The molecule has 2 nitrogen and oxygen atoms in total. The lowest BCUT2D eigenvalue weighted by Gasteiger charge is -2.36. The predicted octanol–water partition coefficient (Wildman–Crippen LogP) is 2.32. The van der Waals surface area contributed by atoms with Gasteiger partial charge in [-0.1, -0.05) is 12.1 Å². The molecule has 0 amide bonds. The van der Waals surface area contributed by atoms with E-state index in [0.29, 0.717) is 6.04 Å². The highest BCUT2D eigenvalue weighted by atomic mass is 19.1. The minimum Gasteiger partial charge on any atom is -0.366 e. The Morgan fingerprint density at radius 2 is 2.18 bits per heavy atom. The fourth-order valence-electron chi connectivity index (χ4n) is 2.82. The van der Waals surface area contributed by atoms with Gasteiger partial charge in [0.2, 0.25) is 0 Å². The van der Waals surface area contributed by atoms with Crippen molar-refractivity contribution in [1.29, 1.82) is 0 Å². The monoisotopic (exact) mass is 234 g/mol. The Morgan fingerprint density at radius 1 is 1.35 bits per heavy atom. The molecule has 3 rings (SSSR count). The molecular formula is C14H19FN2. The molecule has 1 unspecified atom stereocenters. The second-order valence-electron chi connectivity index (χ2n) is 5.25. The fraction of sp³-hybridized carbons (Fsp3) is 0.571. The van der Waals surface area contributed by atoms with E-state index in [2.05, 4.69) is 10.2 Å². The molecule has 1 N–H and O–H groups in total. The summed E-state index contributed by atoms with van der Waals surface area (Å²) in [4.78, 5) is 2.21. The summed E-state index contributed by atoms with van der Waals surface area (Å²) in [5, 5.41) is 3.56. The van der Waals surface area contributed by atoms with Crippen LogP contribution in [0.1, 0.15) is 18.4 Å². The van der Waals surface area contributed by atoms with Gasteiger partial charge in [0.1, 0.15) is 5.82 Å². The quantitative estimate of drug-likeness (QED) is 0.845. The zero-order valence-corrected chi connectivity index (χ0v) is 10.2. The highest BCUT2D eigenvalue weighted by Gasteiger charge is 2.34. The number of nitrogens with zero attached hydrogens (tertiary/aromatic N) is 1. The predicted molar refractivity (Wildman–Crippen MR) is 67.9 cm³/mol. The van der Waals surface area contributed by atoms with E-state index in [1.54, 1.807) is 12.1 Å². The highest BCUT2D eigenvalue weighted by molar-refractivity contribution is 5.54. The van der Waals surface area contributed by atoms with Crippen molar-refractivity contribution in [2.45, 2.75) is 25.8 Å². The first-order chi connectivity index (χ1) is 8.25. The van der Waals surface area contributed by atoms with Gasteiger partial charge in [-0.25, -0.2) is 4.39 Å². The number of hydrogen-bond donors (Lipinski definition) is 1. The molecule has 2 fully saturated rings. The molecule has 0 aromatic heterocycles. The van der Waals surface area contributed by atoms with Gasteiger partial charge < -0.3 is 10.2 Å². The van der Waals surface area contributed by atoms with Crippen molar-refractivity contribution in [1.82, 2.24) is 5.32 Å². The van der Waals surface area contributed by atoms with Crippen LogP contribution in [0.5, 0.6) is 0 Å². The molecule has 1 aliphatic carbocycles. The van der Waals surface area contributed by atoms with Crippen molar-refractivity contribution in [3.8, 4) is 0 Å². The van der Waals surface area contributed by atoms with Crippen molar-refractivity contribution in [2.24, 2.45) is 5.92 Å². The van der Waals surface area contributed by atoms with Crippen LogP contribution in [0.25, 0.3) is 0 Å². The molecule has 1 aromatic carbocycles. The van der Waals surface area contributed by atoms with Crippen molar-refractivity contribution in [2.75, 3.05) is 24.5 Å². The van der Waals surface area contributed by atoms with Gasteiger partial charge in [0.05, 0.1) is 5.69 Å². The lowest BCUT2D eigenvalue weighted by molar-refractivity contribution is 0.415. The second-order valence-corrected chi connectivity index (χ2v) is 5.25. The summed E-state index contributed by atoms with van der Waals surface area (Å²) in [6.45, 7) is 4.82. The van der Waals surface area contributed by atoms with Gasteiger partial charge in [0, 0.05) is 25.7 Å². The molecule has 0 bridgehead atoms. The van der Waals surface area contributed by atoms with Crippen LogP contribution < -0.4 is 10.2 Å². The van der Waals surface area contributed by atoms with E-state index in [-0.39, 0.29) is 5.82 Å². The van der Waals surface area contributed by atoms with E-state index in [9.17, 15) is 4.39 Å². The maximum Gasteiger partial charge on any atom is 0.146 e. The average Bonchev–Trinajstić information content (AvgIpc) is 3.13. The number of nitrogens with one attached hydrogen (secondary N) is 1. The highest BCUT2D eigenvalue weighted by Crippen LogP contribution is 2.35. The Labute approximate surface area is 102 Å². The summed E-state index contributed by atoms with van der Waals surface area (Å²) in [5.41, 5.74) is 1.85. The normalized spacial score (nSPS) is 25.1. The third kappa shape index (κ3) is 2.16. The first-order valence-electron chi connectivity index (χ1n) is 6.49. The summed E-state index contributed by atoms with van der Waals surface area (Å²) in [6, 6.07) is 5.90. The van der Waals surface area contributed by atoms with Gasteiger partial charge in [-0.2, -0.15) is 0 Å². The first-order valence-corrected chi connectivity index (χ1v) is 6.49. The molecule has 1 saturated carbocycles. The minimum atomic E-state index is -0.0820. The standard InChI is InChI=1S/C14H19FN2/c1-10-3-2-4-12(15)14(10)17-8-7-16-13(9-17)11-5-6-11/h2-4,11,13,16H,5-9H2,1H3. The first kappa shape index (κ1) is 11.0. The lowest BCUT2D eigenvalue weighted by atomic mass is 10.1. The Morgan fingerprint density at radius 3 is 2.88 bits per heavy atom. The maximum atomic E-state index is 13.9. The Balaban J connectivity index is 1.82. The van der Waals surface area contributed by atoms with Gasteiger partial charge in [-0.3, -0.25) is 0 Å². The largest absolute Gasteiger partial charge is 0.366 e. The van der Waals surface area contributed by atoms with Crippen LogP contribution in [0.15, 0.2) is 18.2 Å². The molecule has 1 heterocycles. The molecule has 17 heavy (non-hydrogen) atoms. The molecule has 3 heteroatoms. The number of rotatable bonds is 2. The van der Waals surface area contributed by atoms with Crippen molar-refractivity contribution < 1.29 is 4.39 Å². The van der Waals surface area contributed by atoms with E-state index in [1.807, 2.05) is 13.0 Å². The van der Waals surface area contributed by atoms with Crippen molar-refractivity contribution in [3.05, 3.63) is 29.6 Å². The zero-order chi connectivity index (χ0) is 11.8. The maximum absolute atomic E-state index is 13.9. The minimum absolute atomic E-state index is 0.0820. The van der Waals surface area contributed by atoms with Gasteiger partial charge in [-0.15, -0.1) is 0 Å². The van der Waals surface area contributed by atoms with E-state index in [1.165, 1.54) is 12.8 Å².